The number of carbonyl (C=O) groups is 2. The van der Waals surface area contributed by atoms with Gasteiger partial charge in [0.2, 0.25) is 11.8 Å². The molecule has 158 valence electrons. The summed E-state index contributed by atoms with van der Waals surface area (Å²) in [7, 11) is 0. The summed E-state index contributed by atoms with van der Waals surface area (Å²) in [6.45, 7) is 3.73. The van der Waals surface area contributed by atoms with Gasteiger partial charge in [0.15, 0.2) is 11.5 Å². The Morgan fingerprint density at radius 1 is 1.07 bits per heavy atom. The maximum Gasteiger partial charge on any atom is 0.239 e. The van der Waals surface area contributed by atoms with Gasteiger partial charge in [-0.15, -0.1) is 12.4 Å². The molecule has 30 heavy (non-hydrogen) atoms. The number of nitrogens with zero attached hydrogens (tertiary/aromatic N) is 1. The molecule has 0 aromatic heterocycles. The van der Waals surface area contributed by atoms with Crippen molar-refractivity contribution in [3.05, 3.63) is 53.1 Å². The molecule has 8 heteroatoms. The van der Waals surface area contributed by atoms with Gasteiger partial charge in [0, 0.05) is 37.9 Å². The molecule has 5 rings (SSSR count). The first kappa shape index (κ1) is 20.5. The highest BCUT2D eigenvalue weighted by Crippen LogP contribution is 2.36. The van der Waals surface area contributed by atoms with Gasteiger partial charge in [-0.05, 0) is 35.2 Å². The van der Waals surface area contributed by atoms with Crippen molar-refractivity contribution >= 4 is 29.9 Å². The third-order valence-corrected chi connectivity index (χ3v) is 5.73. The van der Waals surface area contributed by atoms with E-state index < -0.39 is 5.92 Å². The normalized spacial score (nSPS) is 19.3. The third kappa shape index (κ3) is 3.82. The third-order valence-electron chi connectivity index (χ3n) is 5.73. The van der Waals surface area contributed by atoms with Crippen LogP contribution in [-0.4, -0.2) is 31.6 Å². The molecule has 3 aliphatic heterocycles. The van der Waals surface area contributed by atoms with E-state index in [1.807, 2.05) is 24.3 Å². The molecule has 0 bridgehead atoms. The van der Waals surface area contributed by atoms with Crippen molar-refractivity contribution in [3.63, 3.8) is 0 Å². The van der Waals surface area contributed by atoms with Crippen LogP contribution in [0.5, 0.6) is 11.5 Å². The van der Waals surface area contributed by atoms with E-state index in [4.69, 9.17) is 9.47 Å². The molecule has 0 radical (unpaired) electrons. The van der Waals surface area contributed by atoms with Crippen LogP contribution in [0, 0.1) is 5.92 Å². The molecule has 0 aliphatic carbocycles. The number of halogens is 1. The van der Waals surface area contributed by atoms with E-state index >= 15 is 0 Å². The molecule has 1 unspecified atom stereocenters. The molecule has 3 heterocycles. The molecule has 0 spiro atoms. The molecule has 2 N–H and O–H groups in total. The Morgan fingerprint density at radius 2 is 1.87 bits per heavy atom. The van der Waals surface area contributed by atoms with Crippen molar-refractivity contribution < 1.29 is 19.1 Å². The van der Waals surface area contributed by atoms with Crippen LogP contribution in [0.2, 0.25) is 0 Å². The molecule has 1 fully saturated rings. The number of hydrogen-bond donors (Lipinski definition) is 2. The summed E-state index contributed by atoms with van der Waals surface area (Å²) in [6.07, 6.45) is 0.507. The van der Waals surface area contributed by atoms with Crippen LogP contribution in [-0.2, 0) is 29.2 Å². The summed E-state index contributed by atoms with van der Waals surface area (Å²) >= 11 is 0. The number of nitrogens with one attached hydrogen (secondary N) is 2. The van der Waals surface area contributed by atoms with Crippen LogP contribution >= 0.6 is 12.4 Å². The Bertz CT molecular complexity index is 981. The largest absolute Gasteiger partial charge is 0.486 e. The SMILES string of the molecule is Cl.O=C(NCc1ccc2c(c1)CNC2)C1CCN(c2ccc3c(c2)OCCO3)C1=O. The van der Waals surface area contributed by atoms with E-state index in [0.717, 1.165) is 24.3 Å². The first-order valence-corrected chi connectivity index (χ1v) is 9.99. The second-order valence-corrected chi connectivity index (χ2v) is 7.58. The smallest absolute Gasteiger partial charge is 0.239 e. The number of fused-ring (bicyclic) bond motifs is 2. The van der Waals surface area contributed by atoms with Gasteiger partial charge in [0.25, 0.3) is 0 Å². The molecule has 1 atom stereocenters. The zero-order valence-corrected chi connectivity index (χ0v) is 17.3. The van der Waals surface area contributed by atoms with Gasteiger partial charge in [0.05, 0.1) is 0 Å². The lowest BCUT2D eigenvalue weighted by Gasteiger charge is -2.22. The number of carbonyl (C=O) groups excluding carboxylic acids is 2. The van der Waals surface area contributed by atoms with Crippen LogP contribution in [0.3, 0.4) is 0 Å². The lowest BCUT2D eigenvalue weighted by molar-refractivity contribution is -0.132. The van der Waals surface area contributed by atoms with Gasteiger partial charge in [-0.25, -0.2) is 0 Å². The Balaban J connectivity index is 0.00000218. The molecule has 7 nitrogen and oxygen atoms in total. The molecule has 1 saturated heterocycles. The highest BCUT2D eigenvalue weighted by Gasteiger charge is 2.37. The quantitative estimate of drug-likeness (QED) is 0.728. The molecule has 3 aliphatic rings. The van der Waals surface area contributed by atoms with Crippen LogP contribution in [0.4, 0.5) is 5.69 Å². The Morgan fingerprint density at radius 3 is 2.73 bits per heavy atom. The fraction of sp³-hybridized carbons (Fsp3) is 0.364. The van der Waals surface area contributed by atoms with E-state index in [2.05, 4.69) is 22.8 Å². The summed E-state index contributed by atoms with van der Waals surface area (Å²) in [6, 6.07) is 11.7. The van der Waals surface area contributed by atoms with E-state index in [0.29, 0.717) is 44.2 Å². The topological polar surface area (TPSA) is 79.9 Å². The van der Waals surface area contributed by atoms with Gasteiger partial charge in [-0.1, -0.05) is 18.2 Å². The highest BCUT2D eigenvalue weighted by molar-refractivity contribution is 6.09. The number of ether oxygens (including phenoxy) is 2. The van der Waals surface area contributed by atoms with Gasteiger partial charge in [0.1, 0.15) is 19.1 Å². The molecule has 0 saturated carbocycles. The van der Waals surface area contributed by atoms with Crippen molar-refractivity contribution in [2.75, 3.05) is 24.7 Å². The average Bonchev–Trinajstić information content (AvgIpc) is 3.37. The number of anilines is 1. The number of rotatable bonds is 4. The van der Waals surface area contributed by atoms with Crippen molar-refractivity contribution in [1.29, 1.82) is 0 Å². The van der Waals surface area contributed by atoms with Gasteiger partial charge in [-0.3, -0.25) is 9.59 Å². The number of hydrogen-bond acceptors (Lipinski definition) is 5. The predicted octanol–water partition coefficient (Wildman–Crippen LogP) is 2.15. The fourth-order valence-corrected chi connectivity index (χ4v) is 4.15. The molecular formula is C22H24ClN3O4. The summed E-state index contributed by atoms with van der Waals surface area (Å²) in [5, 5.41) is 6.25. The average molecular weight is 430 g/mol. The maximum atomic E-state index is 12.9. The van der Waals surface area contributed by atoms with Crippen LogP contribution in [0.15, 0.2) is 36.4 Å². The Hall–Kier alpha value is -2.77. The zero-order chi connectivity index (χ0) is 19.8. The van der Waals surface area contributed by atoms with Crippen molar-refractivity contribution in [2.45, 2.75) is 26.1 Å². The zero-order valence-electron chi connectivity index (χ0n) is 16.5. The summed E-state index contributed by atoms with van der Waals surface area (Å²) in [5.41, 5.74) is 4.37. The number of benzene rings is 2. The van der Waals surface area contributed by atoms with Crippen LogP contribution in [0.1, 0.15) is 23.1 Å². The maximum absolute atomic E-state index is 12.9. The predicted molar refractivity (Wildman–Crippen MR) is 114 cm³/mol. The standard InChI is InChI=1S/C22H23N3O4.ClH/c26-21(24-11-14-1-2-15-12-23-13-16(15)9-14)18-5-6-25(22(18)27)17-3-4-19-20(10-17)29-8-7-28-19;/h1-4,9-10,18,23H,5-8,11-13H2,(H,24,26);1H. The van der Waals surface area contributed by atoms with Crippen LogP contribution < -0.4 is 25.0 Å². The van der Waals surface area contributed by atoms with E-state index in [9.17, 15) is 9.59 Å². The molecule has 2 aromatic rings. The second-order valence-electron chi connectivity index (χ2n) is 7.58. The van der Waals surface area contributed by atoms with Gasteiger partial charge < -0.3 is 25.0 Å². The minimum absolute atomic E-state index is 0. The van der Waals surface area contributed by atoms with E-state index in [1.165, 1.54) is 11.1 Å². The van der Waals surface area contributed by atoms with Crippen LogP contribution in [0.25, 0.3) is 0 Å². The first-order chi connectivity index (χ1) is 14.2. The molecule has 2 aromatic carbocycles. The lowest BCUT2D eigenvalue weighted by Crippen LogP contribution is -2.36. The summed E-state index contributed by atoms with van der Waals surface area (Å²) < 4.78 is 11.1. The van der Waals surface area contributed by atoms with Crippen molar-refractivity contribution in [2.24, 2.45) is 5.92 Å². The van der Waals surface area contributed by atoms with Gasteiger partial charge in [-0.2, -0.15) is 0 Å². The lowest BCUT2D eigenvalue weighted by atomic mass is 10.1. The second kappa shape index (κ2) is 8.53. The minimum atomic E-state index is -0.653. The summed E-state index contributed by atoms with van der Waals surface area (Å²) in [5.74, 6) is 0.288. The van der Waals surface area contributed by atoms with E-state index in [-0.39, 0.29) is 24.2 Å². The minimum Gasteiger partial charge on any atom is -0.486 e. The Kier molecular flexibility index (Phi) is 5.83. The fourth-order valence-electron chi connectivity index (χ4n) is 4.15. The molecule has 2 amide bonds. The van der Waals surface area contributed by atoms with Crippen molar-refractivity contribution in [1.82, 2.24) is 10.6 Å². The highest BCUT2D eigenvalue weighted by atomic mass is 35.5. The number of amides is 2. The first-order valence-electron chi connectivity index (χ1n) is 9.99. The van der Waals surface area contributed by atoms with Gasteiger partial charge >= 0.3 is 0 Å². The van der Waals surface area contributed by atoms with Crippen molar-refractivity contribution in [3.8, 4) is 11.5 Å². The monoisotopic (exact) mass is 429 g/mol. The molecular weight excluding hydrogens is 406 g/mol. The Labute approximate surface area is 181 Å². The summed E-state index contributed by atoms with van der Waals surface area (Å²) in [4.78, 5) is 27.2. The van der Waals surface area contributed by atoms with E-state index in [1.54, 1.807) is 4.90 Å².